The van der Waals surface area contributed by atoms with Gasteiger partial charge in [0.15, 0.2) is 17.5 Å². The molecule has 57 heavy (non-hydrogen) atoms. The van der Waals surface area contributed by atoms with Crippen LogP contribution in [0.2, 0.25) is 0 Å². The lowest BCUT2D eigenvalue weighted by molar-refractivity contribution is 0.670. The predicted molar refractivity (Wildman–Crippen MR) is 240 cm³/mol. The molecule has 4 heterocycles. The summed E-state index contributed by atoms with van der Waals surface area (Å²) in [6, 6.07) is 62.1. The number of hydrogen-bond acceptors (Lipinski definition) is 6. The van der Waals surface area contributed by atoms with E-state index in [-0.39, 0.29) is 0 Å². The molecule has 0 radical (unpaired) electrons. The molecule has 0 atom stereocenters. The number of fused-ring (bicyclic) bond motifs is 9. The van der Waals surface area contributed by atoms with E-state index in [1.54, 1.807) is 11.3 Å². The van der Waals surface area contributed by atoms with Crippen LogP contribution in [0.25, 0.3) is 119 Å². The standard InChI is InChI=1S/C51H29N3OS2/c1-3-12-30(13-4-1)49-52-50(31-14-5-2-6-15-31)54-51(53-49)39-19-11-18-38-37-24-22-33(29-46(37)57-48(38)39)40-27-34(28-42-35-16-7-9-20-43(35)55-47(40)42)32-23-25-45-41(26-32)36-17-8-10-21-44(36)56-45/h1-29H. The van der Waals surface area contributed by atoms with Crippen molar-refractivity contribution in [2.24, 2.45) is 0 Å². The highest BCUT2D eigenvalue weighted by Gasteiger charge is 2.20. The fourth-order valence-corrected chi connectivity index (χ4v) is 10.5. The van der Waals surface area contributed by atoms with E-state index in [9.17, 15) is 0 Å². The molecule has 0 aliphatic carbocycles. The maximum absolute atomic E-state index is 6.67. The number of hydrogen-bond donors (Lipinski definition) is 0. The van der Waals surface area contributed by atoms with Crippen molar-refractivity contribution in [3.05, 3.63) is 176 Å². The molecule has 0 saturated heterocycles. The summed E-state index contributed by atoms with van der Waals surface area (Å²) in [5.74, 6) is 1.97. The Morgan fingerprint density at radius 3 is 1.77 bits per heavy atom. The van der Waals surface area contributed by atoms with Gasteiger partial charge in [-0.3, -0.25) is 0 Å². The molecule has 0 amide bonds. The van der Waals surface area contributed by atoms with E-state index in [1.165, 1.54) is 46.8 Å². The molecule has 0 aliphatic heterocycles. The minimum atomic E-state index is 0.654. The second kappa shape index (κ2) is 12.8. The molecule has 0 aliphatic rings. The van der Waals surface area contributed by atoms with E-state index in [2.05, 4.69) is 109 Å². The largest absolute Gasteiger partial charge is 0.455 e. The summed E-state index contributed by atoms with van der Waals surface area (Å²) in [5, 5.41) is 7.21. The van der Waals surface area contributed by atoms with Gasteiger partial charge >= 0.3 is 0 Å². The van der Waals surface area contributed by atoms with Gasteiger partial charge in [-0.05, 0) is 65.2 Å². The summed E-state index contributed by atoms with van der Waals surface area (Å²) in [5.41, 5.74) is 9.23. The number of furan rings is 1. The second-order valence-corrected chi connectivity index (χ2v) is 16.5. The lowest BCUT2D eigenvalue weighted by Crippen LogP contribution is -2.00. The molecule has 0 unspecified atom stereocenters. The first-order valence-corrected chi connectivity index (χ1v) is 20.6. The monoisotopic (exact) mass is 763 g/mol. The number of nitrogens with zero attached hydrogens (tertiary/aromatic N) is 3. The van der Waals surface area contributed by atoms with E-state index in [0.717, 1.165) is 54.5 Å². The molecule has 0 bridgehead atoms. The van der Waals surface area contributed by atoms with Crippen molar-refractivity contribution < 1.29 is 4.42 Å². The Hall–Kier alpha value is -6.99. The Balaban J connectivity index is 1.04. The number of rotatable bonds is 5. The van der Waals surface area contributed by atoms with Crippen molar-refractivity contribution in [1.82, 2.24) is 15.0 Å². The van der Waals surface area contributed by atoms with Crippen LogP contribution in [-0.4, -0.2) is 15.0 Å². The summed E-state index contributed by atoms with van der Waals surface area (Å²) in [6.07, 6.45) is 0. The first kappa shape index (κ1) is 32.3. The normalized spacial score (nSPS) is 11.9. The predicted octanol–water partition coefficient (Wildman–Crippen LogP) is 14.8. The lowest BCUT2D eigenvalue weighted by atomic mass is 9.94. The van der Waals surface area contributed by atoms with Crippen LogP contribution in [0.1, 0.15) is 0 Å². The van der Waals surface area contributed by atoms with Gasteiger partial charge in [-0.2, -0.15) is 0 Å². The Morgan fingerprint density at radius 1 is 0.333 bits per heavy atom. The maximum atomic E-state index is 6.67. The summed E-state index contributed by atoms with van der Waals surface area (Å²) in [6.45, 7) is 0. The van der Waals surface area contributed by atoms with Gasteiger partial charge in [-0.1, -0.05) is 127 Å². The van der Waals surface area contributed by atoms with Crippen LogP contribution in [0.4, 0.5) is 0 Å². The van der Waals surface area contributed by atoms with E-state index in [0.29, 0.717) is 17.5 Å². The molecule has 6 heteroatoms. The number of para-hydroxylation sites is 1. The minimum Gasteiger partial charge on any atom is -0.455 e. The first-order chi connectivity index (χ1) is 28.2. The average Bonchev–Trinajstić information content (AvgIpc) is 3.97. The third-order valence-corrected chi connectivity index (χ3v) is 13.3. The van der Waals surface area contributed by atoms with E-state index in [4.69, 9.17) is 19.4 Å². The average molecular weight is 764 g/mol. The summed E-state index contributed by atoms with van der Waals surface area (Å²) in [7, 11) is 0. The van der Waals surface area contributed by atoms with E-state index in [1.807, 2.05) is 78.1 Å². The van der Waals surface area contributed by atoms with Gasteiger partial charge in [0, 0.05) is 73.4 Å². The Bertz CT molecular complexity index is 3470. The molecule has 0 spiro atoms. The quantitative estimate of drug-likeness (QED) is 0.175. The van der Waals surface area contributed by atoms with Crippen molar-refractivity contribution >= 4 is 85.0 Å². The van der Waals surface area contributed by atoms with Crippen LogP contribution in [-0.2, 0) is 0 Å². The van der Waals surface area contributed by atoms with Gasteiger partial charge in [0.1, 0.15) is 11.2 Å². The number of aromatic nitrogens is 3. The molecule has 0 saturated carbocycles. The van der Waals surface area contributed by atoms with Crippen molar-refractivity contribution in [2.45, 2.75) is 0 Å². The Kier molecular flexibility index (Phi) is 7.24. The molecule has 12 rings (SSSR count). The van der Waals surface area contributed by atoms with Crippen LogP contribution < -0.4 is 0 Å². The van der Waals surface area contributed by atoms with Gasteiger partial charge in [-0.25, -0.2) is 15.0 Å². The van der Waals surface area contributed by atoms with Crippen molar-refractivity contribution in [1.29, 1.82) is 0 Å². The Labute approximate surface area is 335 Å². The highest BCUT2D eigenvalue weighted by Crippen LogP contribution is 2.45. The summed E-state index contributed by atoms with van der Waals surface area (Å²) >= 11 is 3.63. The molecule has 266 valence electrons. The van der Waals surface area contributed by atoms with Gasteiger partial charge < -0.3 is 4.42 Å². The molecule has 4 aromatic heterocycles. The van der Waals surface area contributed by atoms with Gasteiger partial charge in [-0.15, -0.1) is 22.7 Å². The number of thiophene rings is 2. The zero-order valence-corrected chi connectivity index (χ0v) is 31.9. The van der Waals surface area contributed by atoms with Gasteiger partial charge in [0.05, 0.1) is 0 Å². The molecule has 0 fully saturated rings. The zero-order valence-electron chi connectivity index (χ0n) is 30.3. The van der Waals surface area contributed by atoms with Gasteiger partial charge in [0.25, 0.3) is 0 Å². The lowest BCUT2D eigenvalue weighted by Gasteiger charge is -2.09. The second-order valence-electron chi connectivity index (χ2n) is 14.3. The van der Waals surface area contributed by atoms with Crippen LogP contribution in [0.3, 0.4) is 0 Å². The van der Waals surface area contributed by atoms with Crippen LogP contribution in [0.15, 0.2) is 180 Å². The van der Waals surface area contributed by atoms with Crippen LogP contribution in [0.5, 0.6) is 0 Å². The van der Waals surface area contributed by atoms with Gasteiger partial charge in [0.2, 0.25) is 0 Å². The SMILES string of the molecule is c1ccc(-c2nc(-c3ccccc3)nc(-c3cccc4c3sc3cc(-c5cc(-c6ccc7sc8ccccc8c7c6)cc6c5oc5ccccc56)ccc34)n2)cc1. The van der Waals surface area contributed by atoms with E-state index >= 15 is 0 Å². The third-order valence-electron chi connectivity index (χ3n) is 10.9. The highest BCUT2D eigenvalue weighted by atomic mass is 32.1. The van der Waals surface area contributed by atoms with Crippen molar-refractivity contribution in [2.75, 3.05) is 0 Å². The fraction of sp³-hybridized carbons (Fsp3) is 0. The molecule has 0 N–H and O–H groups in total. The third kappa shape index (κ3) is 5.30. The Morgan fingerprint density at radius 2 is 0.965 bits per heavy atom. The van der Waals surface area contributed by atoms with E-state index < -0.39 is 0 Å². The zero-order chi connectivity index (χ0) is 37.5. The molecular formula is C51H29N3OS2. The van der Waals surface area contributed by atoms with Crippen molar-refractivity contribution in [3.63, 3.8) is 0 Å². The summed E-state index contributed by atoms with van der Waals surface area (Å²) < 4.78 is 11.6. The van der Waals surface area contributed by atoms with Crippen LogP contribution >= 0.6 is 22.7 Å². The fourth-order valence-electron chi connectivity index (χ4n) is 8.18. The molecule has 4 nitrogen and oxygen atoms in total. The topological polar surface area (TPSA) is 51.8 Å². The minimum absolute atomic E-state index is 0.654. The number of benzene rings is 8. The molecule has 12 aromatic rings. The smallest absolute Gasteiger partial charge is 0.165 e. The molecule has 8 aromatic carbocycles. The first-order valence-electron chi connectivity index (χ1n) is 18.9. The summed E-state index contributed by atoms with van der Waals surface area (Å²) in [4.78, 5) is 15.1. The highest BCUT2D eigenvalue weighted by molar-refractivity contribution is 7.26. The van der Waals surface area contributed by atoms with Crippen molar-refractivity contribution in [3.8, 4) is 56.4 Å². The molecular weight excluding hydrogens is 735 g/mol. The maximum Gasteiger partial charge on any atom is 0.165 e. The van der Waals surface area contributed by atoms with Crippen LogP contribution in [0, 0.1) is 0 Å².